The highest BCUT2D eigenvalue weighted by atomic mass is 16.1. The van der Waals surface area contributed by atoms with Gasteiger partial charge in [0.1, 0.15) is 0 Å². The molecule has 80 valence electrons. The van der Waals surface area contributed by atoms with Gasteiger partial charge in [0.25, 0.3) is 0 Å². The van der Waals surface area contributed by atoms with Gasteiger partial charge in [0.2, 0.25) is 12.2 Å². The minimum Gasteiger partial charge on any atom is -0.222 e. The van der Waals surface area contributed by atoms with Gasteiger partial charge in [-0.15, -0.1) is 0 Å². The fraction of sp³-hybridized carbons (Fsp3) is 0.800. The smallest absolute Gasteiger partial charge is 0.222 e. The Balaban J connectivity index is 0. The van der Waals surface area contributed by atoms with Crippen molar-refractivity contribution in [3.05, 3.63) is 0 Å². The lowest BCUT2D eigenvalue weighted by atomic mass is 9.88. The number of rotatable bonds is 1. The van der Waals surface area contributed by atoms with Crippen molar-refractivity contribution in [3.8, 4) is 0 Å². The van der Waals surface area contributed by atoms with Crippen molar-refractivity contribution in [2.75, 3.05) is 0 Å². The summed E-state index contributed by atoms with van der Waals surface area (Å²) < 4.78 is 0. The third kappa shape index (κ3) is 13.4. The zero-order chi connectivity index (χ0) is 11.2. The zero-order valence-electron chi connectivity index (χ0n) is 8.64. The van der Waals surface area contributed by atoms with Gasteiger partial charge in [-0.25, -0.2) is 20.4 Å². The van der Waals surface area contributed by atoms with Gasteiger partial charge in [-0.1, -0.05) is 45.4 Å². The standard InChI is InChI=1S/C8H16.2CHNO/c1-2-8-6-4-3-5-7-8;2*2-1-3/h8H,2-7H2,1H3;2*2H. The van der Waals surface area contributed by atoms with Crippen LogP contribution >= 0.6 is 0 Å². The average Bonchev–Trinajstić information content (AvgIpc) is 2.21. The molecule has 0 aromatic heterocycles. The van der Waals surface area contributed by atoms with E-state index in [1.54, 1.807) is 0 Å². The molecular formula is C10H18N2O2. The summed E-state index contributed by atoms with van der Waals surface area (Å²) in [7, 11) is 0. The van der Waals surface area contributed by atoms with E-state index in [2.05, 4.69) is 6.92 Å². The van der Waals surface area contributed by atoms with E-state index in [0.29, 0.717) is 0 Å². The Morgan fingerprint density at radius 3 is 1.64 bits per heavy atom. The summed E-state index contributed by atoms with van der Waals surface area (Å²) in [5, 5.41) is 10.8. The molecule has 0 amide bonds. The number of hydrogen-bond donors (Lipinski definition) is 2. The maximum atomic E-state index is 8.35. The first kappa shape index (κ1) is 15.2. The molecule has 0 saturated heterocycles. The van der Waals surface area contributed by atoms with Crippen LogP contribution in [0.5, 0.6) is 0 Å². The van der Waals surface area contributed by atoms with Gasteiger partial charge in [-0.3, -0.25) is 0 Å². The molecule has 1 aliphatic carbocycles. The van der Waals surface area contributed by atoms with E-state index in [1.165, 1.54) is 38.5 Å². The van der Waals surface area contributed by atoms with Crippen LogP contribution < -0.4 is 0 Å². The lowest BCUT2D eigenvalue weighted by molar-refractivity contribution is 0.349. The molecule has 1 aliphatic rings. The van der Waals surface area contributed by atoms with E-state index in [1.807, 2.05) is 0 Å². The molecule has 1 rings (SSSR count). The zero-order valence-corrected chi connectivity index (χ0v) is 8.64. The van der Waals surface area contributed by atoms with Gasteiger partial charge in [-0.2, -0.15) is 0 Å². The molecule has 0 aromatic rings. The van der Waals surface area contributed by atoms with Crippen molar-refractivity contribution in [1.29, 1.82) is 10.8 Å². The normalized spacial score (nSPS) is 14.6. The van der Waals surface area contributed by atoms with E-state index in [0.717, 1.165) is 18.1 Å². The van der Waals surface area contributed by atoms with Crippen molar-refractivity contribution in [2.24, 2.45) is 5.92 Å². The van der Waals surface area contributed by atoms with E-state index < -0.39 is 0 Å². The highest BCUT2D eigenvalue weighted by Gasteiger charge is 2.09. The molecule has 0 spiro atoms. The number of isocyanates is 2. The van der Waals surface area contributed by atoms with Crippen molar-refractivity contribution < 1.29 is 9.59 Å². The summed E-state index contributed by atoms with van der Waals surface area (Å²) in [6.07, 6.45) is 10.4. The average molecular weight is 198 g/mol. The van der Waals surface area contributed by atoms with E-state index in [-0.39, 0.29) is 0 Å². The first-order valence-electron chi connectivity index (χ1n) is 4.84. The molecule has 0 radical (unpaired) electrons. The fourth-order valence-corrected chi connectivity index (χ4v) is 1.60. The van der Waals surface area contributed by atoms with Gasteiger partial charge in [0.05, 0.1) is 0 Å². The summed E-state index contributed by atoms with van der Waals surface area (Å²) in [4.78, 5) is 16.7. The molecule has 1 saturated carbocycles. The Labute approximate surface area is 84.7 Å². The first-order chi connectivity index (χ1) is 6.76. The van der Waals surface area contributed by atoms with Gasteiger partial charge in [0, 0.05) is 0 Å². The van der Waals surface area contributed by atoms with Crippen LogP contribution in [0.1, 0.15) is 45.4 Å². The maximum Gasteiger partial charge on any atom is 0.231 e. The summed E-state index contributed by atoms with van der Waals surface area (Å²) in [6, 6.07) is 0. The highest BCUT2D eigenvalue weighted by Crippen LogP contribution is 2.25. The minimum absolute atomic E-state index is 0.750. The van der Waals surface area contributed by atoms with Crippen LogP contribution in [0.15, 0.2) is 0 Å². The Morgan fingerprint density at radius 2 is 1.43 bits per heavy atom. The van der Waals surface area contributed by atoms with Gasteiger partial charge < -0.3 is 0 Å². The summed E-state index contributed by atoms with van der Waals surface area (Å²) in [5.41, 5.74) is 0. The SMILES string of the molecule is CCC1CCCCC1.N=C=O.N=C=O. The van der Waals surface area contributed by atoms with Crippen LogP contribution in [-0.2, 0) is 9.59 Å². The van der Waals surface area contributed by atoms with Crippen LogP contribution in [0.4, 0.5) is 0 Å². The largest absolute Gasteiger partial charge is 0.231 e. The molecule has 0 bridgehead atoms. The lowest BCUT2D eigenvalue weighted by Gasteiger charge is -2.18. The molecule has 14 heavy (non-hydrogen) atoms. The fourth-order valence-electron chi connectivity index (χ4n) is 1.60. The molecule has 0 heterocycles. The quantitative estimate of drug-likeness (QED) is 0.501. The second-order valence-electron chi connectivity index (χ2n) is 3.12. The monoisotopic (exact) mass is 198 g/mol. The van der Waals surface area contributed by atoms with Gasteiger partial charge >= 0.3 is 0 Å². The third-order valence-electron chi connectivity index (χ3n) is 2.30. The van der Waals surface area contributed by atoms with Crippen LogP contribution in [0.25, 0.3) is 0 Å². The Kier molecular flexibility index (Phi) is 15.6. The van der Waals surface area contributed by atoms with Crippen molar-refractivity contribution in [3.63, 3.8) is 0 Å². The lowest BCUT2D eigenvalue weighted by Crippen LogP contribution is -2.03. The number of nitrogens with one attached hydrogen (secondary N) is 2. The summed E-state index contributed by atoms with van der Waals surface area (Å²) in [5.74, 6) is 1.09. The molecule has 4 nitrogen and oxygen atoms in total. The van der Waals surface area contributed by atoms with Crippen LogP contribution in [0, 0.1) is 16.7 Å². The molecular weight excluding hydrogens is 180 g/mol. The van der Waals surface area contributed by atoms with E-state index in [4.69, 9.17) is 20.4 Å². The molecule has 0 unspecified atom stereocenters. The van der Waals surface area contributed by atoms with Crippen LogP contribution in [0.3, 0.4) is 0 Å². The second kappa shape index (κ2) is 14.3. The topological polar surface area (TPSA) is 81.8 Å². The van der Waals surface area contributed by atoms with Crippen LogP contribution in [0.2, 0.25) is 0 Å². The molecule has 0 atom stereocenters. The molecule has 0 aromatic carbocycles. The Hall–Kier alpha value is -1.24. The molecule has 1 fully saturated rings. The third-order valence-corrected chi connectivity index (χ3v) is 2.30. The van der Waals surface area contributed by atoms with Gasteiger partial charge in [0.15, 0.2) is 0 Å². The van der Waals surface area contributed by atoms with Crippen molar-refractivity contribution >= 4 is 12.2 Å². The molecule has 4 heteroatoms. The van der Waals surface area contributed by atoms with Crippen LogP contribution in [-0.4, -0.2) is 12.2 Å². The van der Waals surface area contributed by atoms with E-state index in [9.17, 15) is 0 Å². The second-order valence-corrected chi connectivity index (χ2v) is 3.12. The summed E-state index contributed by atoms with van der Waals surface area (Å²) in [6.45, 7) is 2.32. The minimum atomic E-state index is 0.750. The number of carbonyl (C=O) groups excluding carboxylic acids is 2. The Morgan fingerprint density at radius 1 is 1.07 bits per heavy atom. The van der Waals surface area contributed by atoms with Crippen molar-refractivity contribution in [2.45, 2.75) is 45.4 Å². The predicted octanol–water partition coefficient (Wildman–Crippen LogP) is 2.78. The highest BCUT2D eigenvalue weighted by molar-refractivity contribution is 5.26. The Bertz CT molecular complexity index is 163. The van der Waals surface area contributed by atoms with E-state index >= 15 is 0 Å². The number of hydrogen-bond acceptors (Lipinski definition) is 4. The maximum absolute atomic E-state index is 8.35. The first-order valence-corrected chi connectivity index (χ1v) is 4.84. The summed E-state index contributed by atoms with van der Waals surface area (Å²) >= 11 is 0. The van der Waals surface area contributed by atoms with Crippen molar-refractivity contribution in [1.82, 2.24) is 0 Å². The molecule has 2 N–H and O–H groups in total. The molecule has 0 aliphatic heterocycles. The van der Waals surface area contributed by atoms with Gasteiger partial charge in [-0.05, 0) is 5.92 Å². The predicted molar refractivity (Wildman–Crippen MR) is 53.7 cm³/mol.